The smallest absolute Gasteiger partial charge is 0.246 e. The molecule has 54 heavy (non-hydrogen) atoms. The fraction of sp³-hybridized carbons (Fsp3) is 0.256. The van der Waals surface area contributed by atoms with Gasteiger partial charge in [0.2, 0.25) is 11.8 Å². The van der Waals surface area contributed by atoms with E-state index in [0.717, 1.165) is 54.2 Å². The molecule has 8 nitrogen and oxygen atoms in total. The molecule has 1 saturated heterocycles. The Hall–Kier alpha value is -4.73. The van der Waals surface area contributed by atoms with E-state index in [0.29, 0.717) is 60.3 Å². The summed E-state index contributed by atoms with van der Waals surface area (Å²) >= 11 is 12.8. The van der Waals surface area contributed by atoms with Crippen LogP contribution < -0.4 is 18.9 Å². The van der Waals surface area contributed by atoms with Crippen molar-refractivity contribution in [3.05, 3.63) is 147 Å². The highest BCUT2D eigenvalue weighted by atomic mass is 35.5. The summed E-state index contributed by atoms with van der Waals surface area (Å²) in [4.78, 5) is 21.7. The van der Waals surface area contributed by atoms with Gasteiger partial charge in [0.25, 0.3) is 0 Å². The standard InChI is InChI=1S/C43H43Cl2N3O5.ClH/c1-3-50-36-8-6-9-37(27-36)51-24-19-32-11-13-33(14-12-32)29-47-20-22-48(23-21-47)42(49)18-15-34-25-31(2)43(40(45)26-34)53-41-17-16-38(28-46-41)52-30-35-7-4-5-10-39(35)44;/h4-18,25-28H,3,19-24,29-30H2,1-2H3;1H. The number of pyridine rings is 1. The van der Waals surface area contributed by atoms with Gasteiger partial charge in [-0.2, -0.15) is 0 Å². The van der Waals surface area contributed by atoms with Crippen molar-refractivity contribution in [1.29, 1.82) is 0 Å². The Morgan fingerprint density at radius 2 is 1.54 bits per heavy atom. The van der Waals surface area contributed by atoms with Gasteiger partial charge in [0, 0.05) is 67.9 Å². The van der Waals surface area contributed by atoms with Crippen molar-refractivity contribution >= 4 is 47.6 Å². The molecule has 6 rings (SSSR count). The van der Waals surface area contributed by atoms with Gasteiger partial charge >= 0.3 is 0 Å². The molecule has 1 amide bonds. The van der Waals surface area contributed by atoms with Crippen molar-refractivity contribution in [3.63, 3.8) is 0 Å². The fourth-order valence-electron chi connectivity index (χ4n) is 5.95. The first-order valence-electron chi connectivity index (χ1n) is 17.8. The molecule has 0 bridgehead atoms. The van der Waals surface area contributed by atoms with E-state index in [4.69, 9.17) is 42.1 Å². The summed E-state index contributed by atoms with van der Waals surface area (Å²) in [5.74, 6) is 3.10. The van der Waals surface area contributed by atoms with Crippen molar-refractivity contribution in [1.82, 2.24) is 14.8 Å². The predicted molar refractivity (Wildman–Crippen MR) is 218 cm³/mol. The zero-order chi connectivity index (χ0) is 37.0. The predicted octanol–water partition coefficient (Wildman–Crippen LogP) is 9.87. The third kappa shape index (κ3) is 11.6. The average molecular weight is 789 g/mol. The van der Waals surface area contributed by atoms with Crippen LogP contribution in [0.4, 0.5) is 0 Å². The summed E-state index contributed by atoms with van der Waals surface area (Å²) < 4.78 is 23.3. The van der Waals surface area contributed by atoms with Gasteiger partial charge in [-0.15, -0.1) is 12.4 Å². The molecule has 0 saturated carbocycles. The number of hydrogen-bond acceptors (Lipinski definition) is 7. The zero-order valence-electron chi connectivity index (χ0n) is 30.4. The highest BCUT2D eigenvalue weighted by Crippen LogP contribution is 2.34. The first-order valence-corrected chi connectivity index (χ1v) is 18.5. The van der Waals surface area contributed by atoms with E-state index in [1.54, 1.807) is 36.5 Å². The molecule has 1 aromatic heterocycles. The second-order valence-corrected chi connectivity index (χ2v) is 13.5. The van der Waals surface area contributed by atoms with Gasteiger partial charge in [-0.05, 0) is 78.6 Å². The number of rotatable bonds is 15. The molecule has 5 aromatic rings. The van der Waals surface area contributed by atoms with E-state index >= 15 is 0 Å². The van der Waals surface area contributed by atoms with Gasteiger partial charge < -0.3 is 23.8 Å². The maximum atomic E-state index is 13.1. The second-order valence-electron chi connectivity index (χ2n) is 12.7. The van der Waals surface area contributed by atoms with Crippen LogP contribution in [0.1, 0.15) is 34.7 Å². The molecule has 1 aliphatic heterocycles. The SMILES string of the molecule is CCOc1cccc(OCCc2ccc(CN3CCN(C(=O)C=Cc4cc(C)c(Oc5ccc(OCc6ccccc6Cl)cn5)c(Cl)c4)CC3)cc2)c1.Cl. The molecule has 4 aromatic carbocycles. The zero-order valence-corrected chi connectivity index (χ0v) is 32.7. The Balaban J connectivity index is 0.00000561. The molecule has 0 spiro atoms. The topological polar surface area (TPSA) is 73.4 Å². The van der Waals surface area contributed by atoms with Crippen LogP contribution in [0.15, 0.2) is 109 Å². The third-order valence-electron chi connectivity index (χ3n) is 8.83. The quantitative estimate of drug-likeness (QED) is 0.0979. The Labute approximate surface area is 333 Å². The van der Waals surface area contributed by atoms with E-state index in [2.05, 4.69) is 34.1 Å². The van der Waals surface area contributed by atoms with Gasteiger partial charge in [-0.3, -0.25) is 9.69 Å². The molecule has 0 atom stereocenters. The molecule has 0 aliphatic carbocycles. The van der Waals surface area contributed by atoms with E-state index in [9.17, 15) is 4.79 Å². The number of amides is 1. The number of carbonyl (C=O) groups excluding carboxylic acids is 1. The summed E-state index contributed by atoms with van der Waals surface area (Å²) in [7, 11) is 0. The average Bonchev–Trinajstić information content (AvgIpc) is 3.17. The molecule has 0 N–H and O–H groups in total. The summed E-state index contributed by atoms with van der Waals surface area (Å²) in [6.45, 7) is 9.27. The van der Waals surface area contributed by atoms with Crippen molar-refractivity contribution in [3.8, 4) is 28.9 Å². The monoisotopic (exact) mass is 787 g/mol. The van der Waals surface area contributed by atoms with Crippen LogP contribution in [0.25, 0.3) is 6.08 Å². The van der Waals surface area contributed by atoms with Gasteiger partial charge in [0.1, 0.15) is 23.9 Å². The maximum absolute atomic E-state index is 13.1. The van der Waals surface area contributed by atoms with E-state index in [1.165, 1.54) is 11.1 Å². The number of aromatic nitrogens is 1. The van der Waals surface area contributed by atoms with Crippen molar-refractivity contribution in [2.75, 3.05) is 39.4 Å². The van der Waals surface area contributed by atoms with Crippen LogP contribution in [0.5, 0.6) is 28.9 Å². The third-order valence-corrected chi connectivity index (χ3v) is 9.48. The largest absolute Gasteiger partial charge is 0.494 e. The van der Waals surface area contributed by atoms with Gasteiger partial charge in [-0.1, -0.05) is 71.7 Å². The highest BCUT2D eigenvalue weighted by molar-refractivity contribution is 6.32. The number of carbonyl (C=O) groups is 1. The minimum atomic E-state index is -0.0176. The minimum Gasteiger partial charge on any atom is -0.494 e. The Bertz CT molecular complexity index is 1980. The number of hydrogen-bond donors (Lipinski definition) is 0. The highest BCUT2D eigenvalue weighted by Gasteiger charge is 2.20. The van der Waals surface area contributed by atoms with Crippen LogP contribution in [-0.4, -0.2) is 60.1 Å². The molecule has 2 heterocycles. The first kappa shape index (κ1) is 40.5. The molecule has 1 fully saturated rings. The fourth-order valence-corrected chi connectivity index (χ4v) is 6.46. The van der Waals surface area contributed by atoms with Crippen molar-refractivity contribution in [2.24, 2.45) is 0 Å². The summed E-state index contributed by atoms with van der Waals surface area (Å²) in [6, 6.07) is 31.2. The van der Waals surface area contributed by atoms with Gasteiger partial charge in [0.15, 0.2) is 5.75 Å². The lowest BCUT2D eigenvalue weighted by Crippen LogP contribution is -2.47. The van der Waals surface area contributed by atoms with Crippen LogP contribution in [-0.2, 0) is 24.4 Å². The van der Waals surface area contributed by atoms with E-state index in [-0.39, 0.29) is 18.3 Å². The van der Waals surface area contributed by atoms with E-state index in [1.807, 2.05) is 73.3 Å². The van der Waals surface area contributed by atoms with Crippen molar-refractivity contribution < 1.29 is 23.7 Å². The maximum Gasteiger partial charge on any atom is 0.246 e. The molecule has 11 heteroatoms. The number of benzene rings is 4. The summed E-state index contributed by atoms with van der Waals surface area (Å²) in [5.41, 5.74) is 5.02. The summed E-state index contributed by atoms with van der Waals surface area (Å²) in [5, 5.41) is 1.08. The number of halogens is 3. The number of piperazine rings is 1. The molecule has 282 valence electrons. The Morgan fingerprint density at radius 1 is 0.796 bits per heavy atom. The minimum absolute atomic E-state index is 0. The van der Waals surface area contributed by atoms with Crippen LogP contribution in [0, 0.1) is 6.92 Å². The van der Waals surface area contributed by atoms with Crippen LogP contribution in [0.2, 0.25) is 10.0 Å². The van der Waals surface area contributed by atoms with Crippen LogP contribution in [0.3, 0.4) is 0 Å². The van der Waals surface area contributed by atoms with E-state index < -0.39 is 0 Å². The van der Waals surface area contributed by atoms with Crippen LogP contribution >= 0.6 is 35.6 Å². The number of nitrogens with zero attached hydrogens (tertiary/aromatic N) is 3. The normalized spacial score (nSPS) is 13.0. The molecule has 0 unspecified atom stereocenters. The lowest BCUT2D eigenvalue weighted by molar-refractivity contribution is -0.127. The number of ether oxygens (including phenoxy) is 4. The van der Waals surface area contributed by atoms with Crippen molar-refractivity contribution in [2.45, 2.75) is 33.4 Å². The Kier molecular flexibility index (Phi) is 15.1. The second kappa shape index (κ2) is 20.1. The summed E-state index contributed by atoms with van der Waals surface area (Å²) in [6.07, 6.45) is 5.83. The Morgan fingerprint density at radius 3 is 2.24 bits per heavy atom. The lowest BCUT2D eigenvalue weighted by atomic mass is 10.1. The number of aryl methyl sites for hydroxylation is 1. The molecular formula is C43H44Cl3N3O5. The molecular weight excluding hydrogens is 745 g/mol. The lowest BCUT2D eigenvalue weighted by Gasteiger charge is -2.34. The van der Waals surface area contributed by atoms with Gasteiger partial charge in [0.05, 0.1) is 24.4 Å². The first-order chi connectivity index (χ1) is 25.8. The molecule has 0 radical (unpaired) electrons. The van der Waals surface area contributed by atoms with Gasteiger partial charge in [-0.25, -0.2) is 4.98 Å². The molecule has 1 aliphatic rings.